The van der Waals surface area contributed by atoms with Gasteiger partial charge in [-0.15, -0.1) is 0 Å². The lowest BCUT2D eigenvalue weighted by molar-refractivity contribution is -0.124. The lowest BCUT2D eigenvalue weighted by Crippen LogP contribution is -2.46. The van der Waals surface area contributed by atoms with Gasteiger partial charge in [-0.05, 0) is 49.5 Å². The Hall–Kier alpha value is -2.16. The van der Waals surface area contributed by atoms with E-state index < -0.39 is 0 Å². The number of hydrogen-bond acceptors (Lipinski definition) is 3. The molecule has 0 N–H and O–H groups in total. The molecule has 0 spiro atoms. The maximum absolute atomic E-state index is 12.8. The molecule has 0 aromatic heterocycles. The summed E-state index contributed by atoms with van der Waals surface area (Å²) < 4.78 is 0. The van der Waals surface area contributed by atoms with E-state index >= 15 is 0 Å². The molecule has 3 heteroatoms. The molecule has 3 nitrogen and oxygen atoms in total. The molecule has 2 aliphatic carbocycles. The monoisotopic (exact) mass is 419 g/mol. The fraction of sp³-hybridized carbons (Fsp3) is 0.571. The van der Waals surface area contributed by atoms with Gasteiger partial charge in [-0.1, -0.05) is 63.3 Å². The molecule has 166 valence electrons. The molecule has 1 aromatic carbocycles. The number of fused-ring (bicyclic) bond motifs is 3. The van der Waals surface area contributed by atoms with Crippen LogP contribution in [-0.2, 0) is 10.2 Å². The number of Topliss-reactive ketones (excluding diaryl/α,β-unsaturated/α-hetero) is 2. The van der Waals surface area contributed by atoms with E-state index in [1.807, 2.05) is 12.1 Å². The highest BCUT2D eigenvalue weighted by Crippen LogP contribution is 2.46. The third kappa shape index (κ3) is 4.56. The molecule has 0 saturated carbocycles. The molecule has 31 heavy (non-hydrogen) atoms. The molecule has 3 unspecified atom stereocenters. The normalized spacial score (nSPS) is 28.1. The largest absolute Gasteiger partial charge is 0.372 e. The summed E-state index contributed by atoms with van der Waals surface area (Å²) in [5.41, 5.74) is 3.62. The second kappa shape index (κ2) is 8.76. The van der Waals surface area contributed by atoms with Crippen LogP contribution in [0, 0.1) is 17.8 Å². The third-order valence-corrected chi connectivity index (χ3v) is 7.62. The van der Waals surface area contributed by atoms with Gasteiger partial charge in [0.1, 0.15) is 5.78 Å². The molecule has 1 saturated heterocycles. The van der Waals surface area contributed by atoms with Gasteiger partial charge in [-0.2, -0.15) is 0 Å². The van der Waals surface area contributed by atoms with Gasteiger partial charge in [0, 0.05) is 48.5 Å². The molecule has 1 heterocycles. The van der Waals surface area contributed by atoms with Crippen molar-refractivity contribution in [2.24, 2.45) is 17.8 Å². The van der Waals surface area contributed by atoms with Crippen molar-refractivity contribution in [3.05, 3.63) is 59.3 Å². The van der Waals surface area contributed by atoms with Crippen LogP contribution in [0.25, 0.3) is 0 Å². The summed E-state index contributed by atoms with van der Waals surface area (Å²) in [5.74, 6) is 1.68. The highest BCUT2D eigenvalue weighted by Gasteiger charge is 2.42. The number of carbonyl (C=O) groups excluding carboxylic acids is 2. The smallest absolute Gasteiger partial charge is 0.162 e. The Labute approximate surface area is 187 Å². The van der Waals surface area contributed by atoms with E-state index in [1.165, 1.54) is 17.7 Å². The molecule has 1 aliphatic heterocycles. The Morgan fingerprint density at radius 2 is 1.84 bits per heavy atom. The van der Waals surface area contributed by atoms with E-state index in [0.717, 1.165) is 31.4 Å². The number of rotatable bonds is 5. The van der Waals surface area contributed by atoms with Gasteiger partial charge in [-0.3, -0.25) is 9.59 Å². The maximum atomic E-state index is 12.8. The summed E-state index contributed by atoms with van der Waals surface area (Å²) in [6.45, 7) is 9.80. The number of nitrogens with zero attached hydrogens (tertiary/aromatic N) is 1. The first-order valence-electron chi connectivity index (χ1n) is 12.1. The van der Waals surface area contributed by atoms with E-state index in [9.17, 15) is 9.59 Å². The van der Waals surface area contributed by atoms with Gasteiger partial charge >= 0.3 is 0 Å². The minimum atomic E-state index is 0.105. The minimum absolute atomic E-state index is 0.105. The van der Waals surface area contributed by atoms with Crippen molar-refractivity contribution in [3.63, 3.8) is 0 Å². The van der Waals surface area contributed by atoms with E-state index in [-0.39, 0.29) is 17.1 Å². The Balaban J connectivity index is 1.38. The number of carbonyl (C=O) groups is 2. The van der Waals surface area contributed by atoms with Gasteiger partial charge < -0.3 is 4.90 Å². The fourth-order valence-corrected chi connectivity index (χ4v) is 5.70. The van der Waals surface area contributed by atoms with Crippen molar-refractivity contribution < 1.29 is 9.59 Å². The lowest BCUT2D eigenvalue weighted by atomic mass is 9.66. The lowest BCUT2D eigenvalue weighted by Gasteiger charge is -2.48. The molecular formula is C28H37NO2. The van der Waals surface area contributed by atoms with E-state index in [4.69, 9.17) is 0 Å². The number of hydrogen-bond donors (Lipinski definition) is 0. The minimum Gasteiger partial charge on any atom is -0.372 e. The van der Waals surface area contributed by atoms with Crippen LogP contribution in [0.4, 0.5) is 0 Å². The summed E-state index contributed by atoms with van der Waals surface area (Å²) in [5, 5.41) is 0. The van der Waals surface area contributed by atoms with Crippen LogP contribution in [0.15, 0.2) is 48.2 Å². The summed E-state index contributed by atoms with van der Waals surface area (Å²) in [7, 11) is 0. The molecule has 1 fully saturated rings. The van der Waals surface area contributed by atoms with Gasteiger partial charge in [0.15, 0.2) is 5.78 Å². The van der Waals surface area contributed by atoms with Crippen molar-refractivity contribution in [1.82, 2.24) is 4.90 Å². The highest BCUT2D eigenvalue weighted by molar-refractivity contribution is 5.96. The van der Waals surface area contributed by atoms with E-state index in [0.29, 0.717) is 36.5 Å². The summed E-state index contributed by atoms with van der Waals surface area (Å²) >= 11 is 0. The van der Waals surface area contributed by atoms with E-state index in [1.54, 1.807) is 0 Å². The molecule has 1 aromatic rings. The second-order valence-electron chi connectivity index (χ2n) is 10.7. The Bertz CT molecular complexity index is 887. The predicted molar refractivity (Wildman–Crippen MR) is 126 cm³/mol. The first-order valence-corrected chi connectivity index (χ1v) is 12.1. The van der Waals surface area contributed by atoms with Crippen LogP contribution in [0.1, 0.15) is 82.1 Å². The average molecular weight is 420 g/mol. The maximum Gasteiger partial charge on any atom is 0.162 e. The Morgan fingerprint density at radius 3 is 2.55 bits per heavy atom. The molecule has 0 amide bonds. The van der Waals surface area contributed by atoms with Gasteiger partial charge in [0.25, 0.3) is 0 Å². The Morgan fingerprint density at radius 1 is 1.10 bits per heavy atom. The highest BCUT2D eigenvalue weighted by atomic mass is 16.1. The van der Waals surface area contributed by atoms with Gasteiger partial charge in [0.05, 0.1) is 0 Å². The summed E-state index contributed by atoms with van der Waals surface area (Å²) in [4.78, 5) is 27.7. The van der Waals surface area contributed by atoms with Crippen LogP contribution in [0.2, 0.25) is 0 Å². The molecule has 4 atom stereocenters. The number of piperidine rings is 1. The SMILES string of the molecule is CC1CC[C@@H]2C(=CCC3C(=O)CC=CC32)N1CCCC(=O)c1ccc(C(C)(C)C)cc1. The molecule has 3 aliphatic rings. The van der Waals surface area contributed by atoms with Gasteiger partial charge in [0.2, 0.25) is 0 Å². The number of benzene rings is 1. The van der Waals surface area contributed by atoms with Crippen molar-refractivity contribution >= 4 is 11.6 Å². The second-order valence-corrected chi connectivity index (χ2v) is 10.7. The zero-order valence-corrected chi connectivity index (χ0v) is 19.6. The average Bonchev–Trinajstić information content (AvgIpc) is 2.74. The zero-order valence-electron chi connectivity index (χ0n) is 19.6. The quantitative estimate of drug-likeness (QED) is 0.428. The predicted octanol–water partition coefficient (Wildman–Crippen LogP) is 6.10. The first-order chi connectivity index (χ1) is 14.8. The Kier molecular flexibility index (Phi) is 6.23. The number of likely N-dealkylation sites (tertiary alicyclic amines) is 1. The van der Waals surface area contributed by atoms with E-state index in [2.05, 4.69) is 63.0 Å². The molecule has 0 radical (unpaired) electrons. The first kappa shape index (κ1) is 22.0. The van der Waals surface area contributed by atoms with Crippen LogP contribution in [-0.4, -0.2) is 29.1 Å². The molecule has 0 bridgehead atoms. The van der Waals surface area contributed by atoms with Crippen LogP contribution >= 0.6 is 0 Å². The number of ketones is 2. The summed E-state index contributed by atoms with van der Waals surface area (Å²) in [6.07, 6.45) is 12.0. The zero-order chi connectivity index (χ0) is 22.2. The topological polar surface area (TPSA) is 37.4 Å². The van der Waals surface area contributed by atoms with Crippen LogP contribution in [0.3, 0.4) is 0 Å². The standard InChI is InChI=1S/C28H37NO2/c1-19-10-15-23-22-7-5-8-27(31)24(22)16-17-25(23)29(19)18-6-9-26(30)20-11-13-21(14-12-20)28(2,3)4/h5,7,11-14,17,19,22-24H,6,8-10,15-16,18H2,1-4H3/t19?,22?,23-,24?/m0/s1. The van der Waals surface area contributed by atoms with Crippen molar-refractivity contribution in [2.75, 3.05) is 6.54 Å². The third-order valence-electron chi connectivity index (χ3n) is 7.62. The number of allylic oxidation sites excluding steroid dienone is 4. The van der Waals surface area contributed by atoms with Crippen LogP contribution in [0.5, 0.6) is 0 Å². The molecular weight excluding hydrogens is 382 g/mol. The van der Waals surface area contributed by atoms with Crippen molar-refractivity contribution in [1.29, 1.82) is 0 Å². The van der Waals surface area contributed by atoms with Crippen LogP contribution < -0.4 is 0 Å². The van der Waals surface area contributed by atoms with Crippen molar-refractivity contribution in [3.8, 4) is 0 Å². The summed E-state index contributed by atoms with van der Waals surface area (Å²) in [6, 6.07) is 8.65. The van der Waals surface area contributed by atoms with Crippen molar-refractivity contribution in [2.45, 2.75) is 77.7 Å². The van der Waals surface area contributed by atoms with Gasteiger partial charge in [-0.25, -0.2) is 0 Å². The molecule has 4 rings (SSSR count). The fourth-order valence-electron chi connectivity index (χ4n) is 5.70.